The lowest BCUT2D eigenvalue weighted by atomic mass is 9.90. The molecular weight excluding hydrogens is 212 g/mol. The Kier molecular flexibility index (Phi) is 4.43. The van der Waals surface area contributed by atoms with E-state index >= 15 is 0 Å². The van der Waals surface area contributed by atoms with E-state index < -0.39 is 0 Å². The Morgan fingerprint density at radius 1 is 1.18 bits per heavy atom. The second kappa shape index (κ2) is 5.43. The molecule has 4 heteroatoms. The van der Waals surface area contributed by atoms with E-state index in [-0.39, 0.29) is 5.54 Å². The van der Waals surface area contributed by atoms with Gasteiger partial charge in [-0.25, -0.2) is 4.68 Å². The van der Waals surface area contributed by atoms with E-state index in [1.54, 1.807) is 0 Å². The molecule has 0 saturated heterocycles. The molecule has 0 aliphatic rings. The molecule has 0 bridgehead atoms. The van der Waals surface area contributed by atoms with Crippen LogP contribution < -0.4 is 11.1 Å². The van der Waals surface area contributed by atoms with Crippen molar-refractivity contribution in [3.8, 4) is 0 Å². The molecule has 0 fully saturated rings. The first-order chi connectivity index (χ1) is 8.03. The molecule has 4 nitrogen and oxygen atoms in total. The van der Waals surface area contributed by atoms with Gasteiger partial charge in [0.05, 0.1) is 11.4 Å². The number of nitrogens with zero attached hydrogens (tertiary/aromatic N) is 2. The second-order valence-electron chi connectivity index (χ2n) is 4.63. The Labute approximate surface area is 105 Å². The van der Waals surface area contributed by atoms with Gasteiger partial charge in [-0.1, -0.05) is 20.8 Å². The van der Waals surface area contributed by atoms with Crippen molar-refractivity contribution in [1.82, 2.24) is 9.78 Å². The van der Waals surface area contributed by atoms with Crippen LogP contribution in [0.2, 0.25) is 0 Å². The molecule has 1 rings (SSSR count). The average Bonchev–Trinajstić information content (AvgIpc) is 2.63. The van der Waals surface area contributed by atoms with Gasteiger partial charge in [0.2, 0.25) is 0 Å². The zero-order valence-corrected chi connectivity index (χ0v) is 11.8. The fraction of sp³-hybridized carbons (Fsp3) is 0.769. The van der Waals surface area contributed by atoms with Crippen molar-refractivity contribution in [3.05, 3.63) is 5.69 Å². The molecule has 1 heterocycles. The van der Waals surface area contributed by atoms with Crippen LogP contribution in [0.3, 0.4) is 0 Å². The fourth-order valence-corrected chi connectivity index (χ4v) is 2.22. The average molecular weight is 238 g/mol. The van der Waals surface area contributed by atoms with Crippen LogP contribution in [0.15, 0.2) is 0 Å². The number of aromatic nitrogens is 2. The predicted octanol–water partition coefficient (Wildman–Crippen LogP) is 3.17. The van der Waals surface area contributed by atoms with Gasteiger partial charge in [0.15, 0.2) is 0 Å². The first-order valence-electron chi connectivity index (χ1n) is 6.64. The standard InChI is InChI=1S/C13H26N4/c1-6-13(7-2,8-3)15-12-11(14)10(5)16-17(12)9-4/h15H,6-9,14H2,1-5H3. The normalized spacial score (nSPS) is 11.8. The SMILES string of the molecule is CCn1nc(C)c(N)c1NC(CC)(CC)CC. The van der Waals surface area contributed by atoms with Crippen molar-refractivity contribution >= 4 is 11.5 Å². The maximum Gasteiger partial charge on any atom is 0.148 e. The monoisotopic (exact) mass is 238 g/mol. The van der Waals surface area contributed by atoms with Crippen LogP contribution in [-0.2, 0) is 6.54 Å². The molecule has 0 atom stereocenters. The molecule has 0 aliphatic carbocycles. The van der Waals surface area contributed by atoms with Gasteiger partial charge in [-0.15, -0.1) is 0 Å². The lowest BCUT2D eigenvalue weighted by Gasteiger charge is -2.33. The summed E-state index contributed by atoms with van der Waals surface area (Å²) in [6, 6.07) is 0. The summed E-state index contributed by atoms with van der Waals surface area (Å²) in [6.07, 6.45) is 3.27. The van der Waals surface area contributed by atoms with Crippen LogP contribution in [0.25, 0.3) is 0 Å². The number of nitrogen functional groups attached to an aromatic ring is 1. The van der Waals surface area contributed by atoms with Crippen LogP contribution in [0.5, 0.6) is 0 Å². The van der Waals surface area contributed by atoms with Gasteiger partial charge in [0.1, 0.15) is 5.82 Å². The third kappa shape index (κ3) is 2.56. The molecule has 0 aromatic carbocycles. The highest BCUT2D eigenvalue weighted by molar-refractivity contribution is 5.65. The molecule has 1 aromatic rings. The van der Waals surface area contributed by atoms with Crippen molar-refractivity contribution in [2.75, 3.05) is 11.1 Å². The van der Waals surface area contributed by atoms with Crippen molar-refractivity contribution in [2.24, 2.45) is 0 Å². The van der Waals surface area contributed by atoms with E-state index in [2.05, 4.69) is 38.1 Å². The van der Waals surface area contributed by atoms with E-state index in [9.17, 15) is 0 Å². The molecule has 17 heavy (non-hydrogen) atoms. The smallest absolute Gasteiger partial charge is 0.148 e. The highest BCUT2D eigenvalue weighted by Crippen LogP contribution is 2.30. The zero-order valence-electron chi connectivity index (χ0n) is 11.8. The minimum Gasteiger partial charge on any atom is -0.394 e. The maximum absolute atomic E-state index is 6.10. The number of hydrogen-bond acceptors (Lipinski definition) is 3. The van der Waals surface area contributed by atoms with Crippen molar-refractivity contribution < 1.29 is 0 Å². The molecular formula is C13H26N4. The molecule has 0 radical (unpaired) electrons. The van der Waals surface area contributed by atoms with Crippen LogP contribution in [0.4, 0.5) is 11.5 Å². The predicted molar refractivity (Wildman–Crippen MR) is 74.3 cm³/mol. The van der Waals surface area contributed by atoms with Crippen LogP contribution >= 0.6 is 0 Å². The van der Waals surface area contributed by atoms with Gasteiger partial charge in [-0.05, 0) is 33.1 Å². The van der Waals surface area contributed by atoms with Crippen LogP contribution in [0.1, 0.15) is 52.7 Å². The topological polar surface area (TPSA) is 55.9 Å². The minimum absolute atomic E-state index is 0.132. The zero-order chi connectivity index (χ0) is 13.1. The quantitative estimate of drug-likeness (QED) is 0.800. The number of aryl methyl sites for hydroxylation is 2. The van der Waals surface area contributed by atoms with E-state index in [4.69, 9.17) is 5.73 Å². The summed E-state index contributed by atoms with van der Waals surface area (Å²) in [6.45, 7) is 11.5. The summed E-state index contributed by atoms with van der Waals surface area (Å²) < 4.78 is 1.96. The summed E-state index contributed by atoms with van der Waals surface area (Å²) in [7, 11) is 0. The first kappa shape index (κ1) is 13.9. The second-order valence-corrected chi connectivity index (χ2v) is 4.63. The van der Waals surface area contributed by atoms with Gasteiger partial charge in [-0.3, -0.25) is 0 Å². The summed E-state index contributed by atoms with van der Waals surface area (Å²) >= 11 is 0. The Balaban J connectivity index is 3.08. The van der Waals surface area contributed by atoms with Gasteiger partial charge < -0.3 is 11.1 Å². The van der Waals surface area contributed by atoms with Crippen molar-refractivity contribution in [1.29, 1.82) is 0 Å². The Morgan fingerprint density at radius 2 is 1.71 bits per heavy atom. The van der Waals surface area contributed by atoms with E-state index in [1.165, 1.54) is 0 Å². The molecule has 0 amide bonds. The lowest BCUT2D eigenvalue weighted by Crippen LogP contribution is -2.37. The van der Waals surface area contributed by atoms with Gasteiger partial charge in [-0.2, -0.15) is 5.10 Å². The summed E-state index contributed by atoms with van der Waals surface area (Å²) in [4.78, 5) is 0. The molecule has 98 valence electrons. The molecule has 1 aromatic heterocycles. The molecule has 3 N–H and O–H groups in total. The lowest BCUT2D eigenvalue weighted by molar-refractivity contribution is 0.415. The molecule has 0 spiro atoms. The minimum atomic E-state index is 0.132. The van der Waals surface area contributed by atoms with Crippen molar-refractivity contribution in [2.45, 2.75) is 66.0 Å². The van der Waals surface area contributed by atoms with Gasteiger partial charge in [0, 0.05) is 12.1 Å². The fourth-order valence-electron chi connectivity index (χ4n) is 2.22. The van der Waals surface area contributed by atoms with E-state index in [1.807, 2.05) is 11.6 Å². The van der Waals surface area contributed by atoms with E-state index in [0.29, 0.717) is 0 Å². The molecule has 0 aliphatic heterocycles. The summed E-state index contributed by atoms with van der Waals surface area (Å²) in [5.74, 6) is 0.982. The number of hydrogen-bond donors (Lipinski definition) is 2. The number of rotatable bonds is 6. The third-order valence-corrected chi connectivity index (χ3v) is 3.89. The third-order valence-electron chi connectivity index (χ3n) is 3.89. The highest BCUT2D eigenvalue weighted by Gasteiger charge is 2.26. The van der Waals surface area contributed by atoms with Crippen molar-refractivity contribution in [3.63, 3.8) is 0 Å². The van der Waals surface area contributed by atoms with Gasteiger partial charge in [0.25, 0.3) is 0 Å². The maximum atomic E-state index is 6.10. The van der Waals surface area contributed by atoms with Gasteiger partial charge >= 0.3 is 0 Å². The van der Waals surface area contributed by atoms with Crippen LogP contribution in [0, 0.1) is 6.92 Å². The Bertz CT molecular complexity index is 355. The number of nitrogens with one attached hydrogen (secondary N) is 1. The largest absolute Gasteiger partial charge is 0.394 e. The number of nitrogens with two attached hydrogens (primary N) is 1. The molecule has 0 saturated carbocycles. The Hall–Kier alpha value is -1.19. The summed E-state index contributed by atoms with van der Waals surface area (Å²) in [5.41, 5.74) is 7.93. The number of anilines is 2. The highest BCUT2D eigenvalue weighted by atomic mass is 15.3. The van der Waals surface area contributed by atoms with E-state index in [0.717, 1.165) is 43.0 Å². The van der Waals surface area contributed by atoms with Crippen LogP contribution in [-0.4, -0.2) is 15.3 Å². The molecule has 0 unspecified atom stereocenters. The summed E-state index contributed by atoms with van der Waals surface area (Å²) in [5, 5.41) is 8.07. The first-order valence-corrected chi connectivity index (χ1v) is 6.64. The Morgan fingerprint density at radius 3 is 2.12 bits per heavy atom.